The monoisotopic (exact) mass is 308 g/mol. The Morgan fingerprint density at radius 3 is 2.30 bits per heavy atom. The van der Waals surface area contributed by atoms with E-state index in [1.807, 2.05) is 36.4 Å². The van der Waals surface area contributed by atoms with Crippen molar-refractivity contribution in [3.05, 3.63) is 66.2 Å². The first-order valence-electron chi connectivity index (χ1n) is 7.15. The van der Waals surface area contributed by atoms with Gasteiger partial charge in [-0.15, -0.1) is 0 Å². The van der Waals surface area contributed by atoms with E-state index in [1.165, 1.54) is 7.11 Å². The minimum Gasteiger partial charge on any atom is -0.493 e. The molecule has 0 fully saturated rings. The summed E-state index contributed by atoms with van der Waals surface area (Å²) >= 11 is 0. The first-order chi connectivity index (χ1) is 11.2. The molecule has 116 valence electrons. The van der Waals surface area contributed by atoms with E-state index in [0.717, 1.165) is 10.8 Å². The summed E-state index contributed by atoms with van der Waals surface area (Å²) in [5.74, 6) is 1.14. The molecule has 3 aromatic carbocycles. The lowest BCUT2D eigenvalue weighted by Crippen LogP contribution is -2.09. The van der Waals surface area contributed by atoms with Gasteiger partial charge in [-0.05, 0) is 29.7 Å². The molecule has 0 radical (unpaired) electrons. The Balaban J connectivity index is 1.92. The molecule has 0 atom stereocenters. The molecule has 4 nitrogen and oxygen atoms in total. The van der Waals surface area contributed by atoms with E-state index in [2.05, 4.69) is 0 Å². The number of hydrogen-bond acceptors (Lipinski definition) is 4. The zero-order chi connectivity index (χ0) is 16.2. The molecule has 0 saturated heterocycles. The molecule has 0 unspecified atom stereocenters. The molecule has 0 saturated carbocycles. The molecule has 0 aliphatic carbocycles. The van der Waals surface area contributed by atoms with Gasteiger partial charge in [-0.2, -0.15) is 0 Å². The van der Waals surface area contributed by atoms with E-state index < -0.39 is 5.97 Å². The second kappa shape index (κ2) is 6.40. The van der Waals surface area contributed by atoms with Crippen molar-refractivity contribution < 1.29 is 19.0 Å². The predicted molar refractivity (Wildman–Crippen MR) is 88.5 cm³/mol. The normalized spacial score (nSPS) is 10.3. The van der Waals surface area contributed by atoms with Crippen molar-refractivity contribution in [2.45, 2.75) is 0 Å². The third kappa shape index (κ3) is 2.97. The van der Waals surface area contributed by atoms with Crippen LogP contribution in [-0.2, 0) is 0 Å². The molecule has 0 spiro atoms. The zero-order valence-corrected chi connectivity index (χ0v) is 12.9. The molecule has 0 bridgehead atoms. The van der Waals surface area contributed by atoms with Crippen LogP contribution < -0.4 is 14.2 Å². The summed E-state index contributed by atoms with van der Waals surface area (Å²) in [4.78, 5) is 12.4. The number of ether oxygens (including phenoxy) is 3. The van der Waals surface area contributed by atoms with Crippen molar-refractivity contribution in [3.63, 3.8) is 0 Å². The van der Waals surface area contributed by atoms with Crippen LogP contribution in [0.2, 0.25) is 0 Å². The molecular weight excluding hydrogens is 292 g/mol. The van der Waals surface area contributed by atoms with Gasteiger partial charge >= 0.3 is 5.97 Å². The molecule has 0 aliphatic heterocycles. The Kier molecular flexibility index (Phi) is 4.15. The van der Waals surface area contributed by atoms with Gasteiger partial charge in [-0.25, -0.2) is 4.79 Å². The lowest BCUT2D eigenvalue weighted by Gasteiger charge is -2.10. The minimum atomic E-state index is -0.442. The van der Waals surface area contributed by atoms with Crippen LogP contribution in [0, 0.1) is 0 Å². The third-order valence-electron chi connectivity index (χ3n) is 3.57. The molecule has 0 amide bonds. The zero-order valence-electron chi connectivity index (χ0n) is 12.9. The number of carbonyl (C=O) groups is 1. The number of benzene rings is 3. The standard InChI is InChI=1S/C19H16O4/c1-21-17-11-10-14(12-18(17)22-2)19(20)23-16-9-5-7-13-6-3-4-8-15(13)16/h3-12H,1-2H3. The average Bonchev–Trinajstić information content (AvgIpc) is 2.61. The van der Waals surface area contributed by atoms with Gasteiger partial charge in [0.05, 0.1) is 19.8 Å². The lowest BCUT2D eigenvalue weighted by atomic mass is 10.1. The number of fused-ring (bicyclic) bond motifs is 1. The molecular formula is C19H16O4. The van der Waals surface area contributed by atoms with E-state index in [-0.39, 0.29) is 0 Å². The van der Waals surface area contributed by atoms with Gasteiger partial charge in [-0.1, -0.05) is 36.4 Å². The fourth-order valence-electron chi connectivity index (χ4n) is 2.41. The first kappa shape index (κ1) is 14.9. The molecule has 4 heteroatoms. The van der Waals surface area contributed by atoms with Crippen molar-refractivity contribution in [2.75, 3.05) is 14.2 Å². The molecule has 0 aliphatic rings. The van der Waals surface area contributed by atoms with E-state index in [1.54, 1.807) is 31.4 Å². The van der Waals surface area contributed by atoms with E-state index in [9.17, 15) is 4.79 Å². The van der Waals surface area contributed by atoms with Crippen LogP contribution in [0.15, 0.2) is 60.7 Å². The highest BCUT2D eigenvalue weighted by molar-refractivity contribution is 5.95. The fourth-order valence-corrected chi connectivity index (χ4v) is 2.41. The highest BCUT2D eigenvalue weighted by Crippen LogP contribution is 2.29. The number of carbonyl (C=O) groups excluding carboxylic acids is 1. The Morgan fingerprint density at radius 2 is 1.52 bits per heavy atom. The van der Waals surface area contributed by atoms with Crippen molar-refractivity contribution >= 4 is 16.7 Å². The second-order valence-corrected chi connectivity index (χ2v) is 4.94. The maximum Gasteiger partial charge on any atom is 0.343 e. The Hall–Kier alpha value is -3.01. The van der Waals surface area contributed by atoms with Crippen LogP contribution in [0.25, 0.3) is 10.8 Å². The minimum absolute atomic E-state index is 0.399. The maximum absolute atomic E-state index is 12.4. The molecule has 0 heterocycles. The van der Waals surface area contributed by atoms with Crippen molar-refractivity contribution in [1.29, 1.82) is 0 Å². The summed E-state index contributed by atoms with van der Waals surface area (Å²) < 4.78 is 15.9. The lowest BCUT2D eigenvalue weighted by molar-refractivity contribution is 0.0736. The number of hydrogen-bond donors (Lipinski definition) is 0. The van der Waals surface area contributed by atoms with Crippen LogP contribution in [0.1, 0.15) is 10.4 Å². The highest BCUT2D eigenvalue weighted by Gasteiger charge is 2.14. The first-order valence-corrected chi connectivity index (χ1v) is 7.15. The van der Waals surface area contributed by atoms with Crippen LogP contribution >= 0.6 is 0 Å². The van der Waals surface area contributed by atoms with Gasteiger partial charge in [0.2, 0.25) is 0 Å². The number of esters is 1. The average molecular weight is 308 g/mol. The Bertz CT molecular complexity index is 850. The van der Waals surface area contributed by atoms with Crippen LogP contribution in [0.4, 0.5) is 0 Å². The highest BCUT2D eigenvalue weighted by atomic mass is 16.5. The molecule has 23 heavy (non-hydrogen) atoms. The SMILES string of the molecule is COc1ccc(C(=O)Oc2cccc3ccccc23)cc1OC. The largest absolute Gasteiger partial charge is 0.493 e. The molecule has 3 rings (SSSR count). The summed E-state index contributed by atoms with van der Waals surface area (Å²) in [5, 5.41) is 1.91. The second-order valence-electron chi connectivity index (χ2n) is 4.94. The topological polar surface area (TPSA) is 44.8 Å². The van der Waals surface area contributed by atoms with Gasteiger partial charge in [0.15, 0.2) is 11.5 Å². The molecule has 3 aromatic rings. The van der Waals surface area contributed by atoms with E-state index >= 15 is 0 Å². The number of methoxy groups -OCH3 is 2. The van der Waals surface area contributed by atoms with Crippen molar-refractivity contribution in [2.24, 2.45) is 0 Å². The van der Waals surface area contributed by atoms with E-state index in [0.29, 0.717) is 22.8 Å². The summed E-state index contributed by atoms with van der Waals surface area (Å²) in [5.41, 5.74) is 0.399. The fraction of sp³-hybridized carbons (Fsp3) is 0.105. The van der Waals surface area contributed by atoms with Crippen LogP contribution in [0.5, 0.6) is 17.2 Å². The summed E-state index contributed by atoms with van der Waals surface area (Å²) in [7, 11) is 3.07. The van der Waals surface area contributed by atoms with Crippen LogP contribution in [0.3, 0.4) is 0 Å². The van der Waals surface area contributed by atoms with Gasteiger partial charge in [0.1, 0.15) is 5.75 Å². The van der Waals surface area contributed by atoms with Crippen LogP contribution in [-0.4, -0.2) is 20.2 Å². The van der Waals surface area contributed by atoms with E-state index in [4.69, 9.17) is 14.2 Å². The smallest absolute Gasteiger partial charge is 0.343 e. The predicted octanol–water partition coefficient (Wildman–Crippen LogP) is 4.08. The van der Waals surface area contributed by atoms with Gasteiger partial charge in [0.25, 0.3) is 0 Å². The molecule has 0 aromatic heterocycles. The van der Waals surface area contributed by atoms with Gasteiger partial charge in [-0.3, -0.25) is 0 Å². The Labute approximate surface area is 134 Å². The maximum atomic E-state index is 12.4. The summed E-state index contributed by atoms with van der Waals surface area (Å²) in [6.07, 6.45) is 0. The summed E-state index contributed by atoms with van der Waals surface area (Å²) in [6.45, 7) is 0. The Morgan fingerprint density at radius 1 is 0.783 bits per heavy atom. The van der Waals surface area contributed by atoms with Crippen molar-refractivity contribution in [1.82, 2.24) is 0 Å². The van der Waals surface area contributed by atoms with Crippen molar-refractivity contribution in [3.8, 4) is 17.2 Å². The van der Waals surface area contributed by atoms with Gasteiger partial charge < -0.3 is 14.2 Å². The summed E-state index contributed by atoms with van der Waals surface area (Å²) in [6, 6.07) is 18.3. The number of rotatable bonds is 4. The quantitative estimate of drug-likeness (QED) is 0.538. The third-order valence-corrected chi connectivity index (χ3v) is 3.57. The van der Waals surface area contributed by atoms with Gasteiger partial charge in [0, 0.05) is 5.39 Å². The molecule has 0 N–H and O–H groups in total.